The minimum absolute atomic E-state index is 0.282. The lowest BCUT2D eigenvalue weighted by Gasteiger charge is -2.07. The molecular weight excluding hydrogens is 192 g/mol. The molecule has 0 fully saturated rings. The molecule has 15 heavy (non-hydrogen) atoms. The van der Waals surface area contributed by atoms with Crippen LogP contribution >= 0.6 is 0 Å². The quantitative estimate of drug-likeness (QED) is 0.808. The Morgan fingerprint density at radius 2 is 2.27 bits per heavy atom. The van der Waals surface area contributed by atoms with Crippen molar-refractivity contribution in [3.05, 3.63) is 48.0 Å². The van der Waals surface area contributed by atoms with Crippen LogP contribution in [0.5, 0.6) is 0 Å². The van der Waals surface area contributed by atoms with E-state index in [9.17, 15) is 4.79 Å². The maximum absolute atomic E-state index is 10.8. The molecule has 0 bridgehead atoms. The second kappa shape index (κ2) is 3.57. The highest BCUT2D eigenvalue weighted by molar-refractivity contribution is 5.88. The molecule has 0 saturated heterocycles. The number of carboxylic acid groups (broad SMARTS) is 1. The average Bonchev–Trinajstić information content (AvgIpc) is 2.71. The van der Waals surface area contributed by atoms with Crippen LogP contribution in [0.3, 0.4) is 0 Å². The van der Waals surface area contributed by atoms with Crippen LogP contribution in [-0.2, 0) is 0 Å². The predicted molar refractivity (Wildman–Crippen MR) is 55.3 cm³/mol. The van der Waals surface area contributed by atoms with E-state index < -0.39 is 5.97 Å². The zero-order valence-electron chi connectivity index (χ0n) is 8.21. The largest absolute Gasteiger partial charge is 0.478 e. The zero-order chi connectivity index (χ0) is 10.8. The van der Waals surface area contributed by atoms with Gasteiger partial charge in [0.05, 0.1) is 17.6 Å². The highest BCUT2D eigenvalue weighted by atomic mass is 16.4. The van der Waals surface area contributed by atoms with E-state index in [1.807, 2.05) is 6.92 Å². The molecule has 0 aliphatic carbocycles. The molecule has 0 unspecified atom stereocenters. The van der Waals surface area contributed by atoms with Gasteiger partial charge in [-0.15, -0.1) is 0 Å². The summed E-state index contributed by atoms with van der Waals surface area (Å²) in [4.78, 5) is 14.7. The number of carbonyl (C=O) groups is 1. The molecule has 0 amide bonds. The number of imidazole rings is 1. The number of benzene rings is 1. The van der Waals surface area contributed by atoms with Crippen LogP contribution in [0.25, 0.3) is 5.69 Å². The first kappa shape index (κ1) is 9.45. The van der Waals surface area contributed by atoms with Gasteiger partial charge in [0.25, 0.3) is 0 Å². The fourth-order valence-corrected chi connectivity index (χ4v) is 1.42. The summed E-state index contributed by atoms with van der Waals surface area (Å²) >= 11 is 0. The maximum atomic E-state index is 10.8. The minimum Gasteiger partial charge on any atom is -0.478 e. The molecule has 0 aliphatic heterocycles. The number of nitrogens with zero attached hydrogens (tertiary/aromatic N) is 2. The molecule has 4 heteroatoms. The van der Waals surface area contributed by atoms with Gasteiger partial charge in [-0.1, -0.05) is 6.07 Å². The molecular formula is C11H10N2O2. The highest BCUT2D eigenvalue weighted by Gasteiger charge is 2.06. The van der Waals surface area contributed by atoms with E-state index in [0.29, 0.717) is 0 Å². The molecule has 0 spiro atoms. The number of aromatic carboxylic acids is 1. The van der Waals surface area contributed by atoms with Crippen molar-refractivity contribution in [2.45, 2.75) is 6.92 Å². The van der Waals surface area contributed by atoms with Crippen molar-refractivity contribution in [1.82, 2.24) is 9.55 Å². The van der Waals surface area contributed by atoms with Gasteiger partial charge in [-0.3, -0.25) is 0 Å². The number of aromatic nitrogens is 2. The lowest BCUT2D eigenvalue weighted by molar-refractivity contribution is 0.0697. The molecule has 0 radical (unpaired) electrons. The summed E-state index contributed by atoms with van der Waals surface area (Å²) < 4.78 is 1.79. The molecule has 2 aromatic rings. The van der Waals surface area contributed by atoms with Gasteiger partial charge in [0.2, 0.25) is 0 Å². The van der Waals surface area contributed by atoms with Crippen LogP contribution in [0.2, 0.25) is 0 Å². The second-order valence-electron chi connectivity index (χ2n) is 3.28. The van der Waals surface area contributed by atoms with E-state index in [2.05, 4.69) is 4.98 Å². The lowest BCUT2D eigenvalue weighted by Crippen LogP contribution is -2.00. The molecule has 0 saturated carbocycles. The number of hydrogen-bond acceptors (Lipinski definition) is 2. The van der Waals surface area contributed by atoms with Crippen LogP contribution in [0.1, 0.15) is 15.9 Å². The number of rotatable bonds is 2. The summed E-state index contributed by atoms with van der Waals surface area (Å²) in [6.45, 7) is 1.93. The van der Waals surface area contributed by atoms with Crippen molar-refractivity contribution in [3.8, 4) is 5.69 Å². The first-order valence-corrected chi connectivity index (χ1v) is 4.51. The van der Waals surface area contributed by atoms with Crippen molar-refractivity contribution < 1.29 is 9.90 Å². The van der Waals surface area contributed by atoms with Gasteiger partial charge in [0.1, 0.15) is 0 Å². The summed E-state index contributed by atoms with van der Waals surface area (Å²) in [6.07, 6.45) is 5.09. The smallest absolute Gasteiger partial charge is 0.335 e. The summed E-state index contributed by atoms with van der Waals surface area (Å²) in [5, 5.41) is 8.87. The SMILES string of the molecule is Cc1ccc(C(=O)O)cc1-n1ccnc1. The third-order valence-corrected chi connectivity index (χ3v) is 2.24. The summed E-state index contributed by atoms with van der Waals surface area (Å²) in [7, 11) is 0. The normalized spacial score (nSPS) is 10.2. The molecule has 1 aromatic heterocycles. The number of carboxylic acids is 1. The van der Waals surface area contributed by atoms with Crippen molar-refractivity contribution in [3.63, 3.8) is 0 Å². The van der Waals surface area contributed by atoms with Crippen LogP contribution in [-0.4, -0.2) is 20.6 Å². The fourth-order valence-electron chi connectivity index (χ4n) is 1.42. The average molecular weight is 202 g/mol. The lowest BCUT2D eigenvalue weighted by atomic mass is 10.1. The molecule has 76 valence electrons. The molecule has 2 rings (SSSR count). The minimum atomic E-state index is -0.920. The third-order valence-electron chi connectivity index (χ3n) is 2.24. The Bertz CT molecular complexity index is 489. The van der Waals surface area contributed by atoms with E-state index in [4.69, 9.17) is 5.11 Å². The Hall–Kier alpha value is -2.10. The van der Waals surface area contributed by atoms with Gasteiger partial charge in [0, 0.05) is 12.4 Å². The standard InChI is InChI=1S/C11H10N2O2/c1-8-2-3-9(11(14)15)6-10(8)13-5-4-12-7-13/h2-7H,1H3,(H,14,15). The number of aryl methyl sites for hydroxylation is 1. The summed E-state index contributed by atoms with van der Waals surface area (Å²) in [6, 6.07) is 5.02. The predicted octanol–water partition coefficient (Wildman–Crippen LogP) is 1.88. The Balaban J connectivity index is 2.55. The topological polar surface area (TPSA) is 55.1 Å². The molecule has 0 aliphatic rings. The van der Waals surface area contributed by atoms with Crippen molar-refractivity contribution in [2.24, 2.45) is 0 Å². The van der Waals surface area contributed by atoms with Gasteiger partial charge in [-0.25, -0.2) is 9.78 Å². The zero-order valence-corrected chi connectivity index (χ0v) is 8.21. The Labute approximate surface area is 86.8 Å². The Morgan fingerprint density at radius 1 is 1.47 bits per heavy atom. The van der Waals surface area contributed by atoms with E-state index in [1.54, 1.807) is 41.5 Å². The van der Waals surface area contributed by atoms with Crippen LogP contribution in [0, 0.1) is 6.92 Å². The third kappa shape index (κ3) is 1.74. The monoisotopic (exact) mass is 202 g/mol. The van der Waals surface area contributed by atoms with Gasteiger partial charge in [0.15, 0.2) is 0 Å². The molecule has 1 heterocycles. The van der Waals surface area contributed by atoms with Crippen molar-refractivity contribution in [2.75, 3.05) is 0 Å². The maximum Gasteiger partial charge on any atom is 0.335 e. The molecule has 0 atom stereocenters. The van der Waals surface area contributed by atoms with Gasteiger partial charge < -0.3 is 9.67 Å². The molecule has 1 N–H and O–H groups in total. The van der Waals surface area contributed by atoms with Crippen LogP contribution < -0.4 is 0 Å². The van der Waals surface area contributed by atoms with Crippen molar-refractivity contribution >= 4 is 5.97 Å². The van der Waals surface area contributed by atoms with E-state index >= 15 is 0 Å². The first-order valence-electron chi connectivity index (χ1n) is 4.51. The first-order chi connectivity index (χ1) is 7.18. The summed E-state index contributed by atoms with van der Waals surface area (Å²) in [5.41, 5.74) is 2.13. The fraction of sp³-hybridized carbons (Fsp3) is 0.0909. The van der Waals surface area contributed by atoms with Gasteiger partial charge in [-0.2, -0.15) is 0 Å². The van der Waals surface area contributed by atoms with E-state index in [0.717, 1.165) is 11.3 Å². The highest BCUT2D eigenvalue weighted by Crippen LogP contribution is 2.15. The van der Waals surface area contributed by atoms with E-state index in [1.165, 1.54) is 0 Å². The molecule has 1 aromatic carbocycles. The second-order valence-corrected chi connectivity index (χ2v) is 3.28. The van der Waals surface area contributed by atoms with Gasteiger partial charge in [-0.05, 0) is 24.6 Å². The summed E-state index contributed by atoms with van der Waals surface area (Å²) in [5.74, 6) is -0.920. The van der Waals surface area contributed by atoms with Crippen molar-refractivity contribution in [1.29, 1.82) is 0 Å². The number of hydrogen-bond donors (Lipinski definition) is 1. The molecule has 4 nitrogen and oxygen atoms in total. The Kier molecular flexibility index (Phi) is 2.25. The van der Waals surface area contributed by atoms with E-state index in [-0.39, 0.29) is 5.56 Å². The van der Waals surface area contributed by atoms with Crippen LogP contribution in [0.15, 0.2) is 36.9 Å². The van der Waals surface area contributed by atoms with Gasteiger partial charge >= 0.3 is 5.97 Å². The van der Waals surface area contributed by atoms with Crippen LogP contribution in [0.4, 0.5) is 0 Å². The Morgan fingerprint density at radius 3 is 2.87 bits per heavy atom.